The van der Waals surface area contributed by atoms with Crippen LogP contribution < -0.4 is 5.46 Å². The van der Waals surface area contributed by atoms with E-state index < -0.39 is 7.12 Å². The first-order chi connectivity index (χ1) is 7.16. The molecule has 0 saturated carbocycles. The summed E-state index contributed by atoms with van der Waals surface area (Å²) in [5, 5.41) is 17.9. The molecule has 0 aliphatic carbocycles. The van der Waals surface area contributed by atoms with Gasteiger partial charge in [-0.25, -0.2) is 4.98 Å². The molecule has 15 heavy (non-hydrogen) atoms. The van der Waals surface area contributed by atoms with Crippen molar-refractivity contribution in [2.75, 3.05) is 0 Å². The minimum Gasteiger partial charge on any atom is -0.423 e. The molecule has 0 fully saturated rings. The summed E-state index contributed by atoms with van der Waals surface area (Å²) < 4.78 is 1.88. The molecule has 1 heterocycles. The first kappa shape index (κ1) is 9.95. The summed E-state index contributed by atoms with van der Waals surface area (Å²) in [5.74, 6) is 0. The Labute approximate surface area is 88.0 Å². The Morgan fingerprint density at radius 1 is 1.20 bits per heavy atom. The van der Waals surface area contributed by atoms with E-state index in [1.165, 1.54) is 0 Å². The summed E-state index contributed by atoms with van der Waals surface area (Å²) in [6, 6.07) is 6.98. The third-order valence-electron chi connectivity index (χ3n) is 2.20. The molecule has 0 bridgehead atoms. The van der Waals surface area contributed by atoms with Crippen molar-refractivity contribution in [2.45, 2.75) is 6.92 Å². The summed E-state index contributed by atoms with van der Waals surface area (Å²) in [7, 11) is -1.41. The Morgan fingerprint density at radius 2 is 1.87 bits per heavy atom. The third kappa shape index (κ3) is 2.08. The van der Waals surface area contributed by atoms with Crippen LogP contribution in [0.15, 0.2) is 36.8 Å². The van der Waals surface area contributed by atoms with Crippen molar-refractivity contribution in [1.29, 1.82) is 0 Å². The van der Waals surface area contributed by atoms with Crippen LogP contribution in [-0.2, 0) is 0 Å². The molecule has 2 rings (SSSR count). The Bertz CT molecular complexity index is 451. The summed E-state index contributed by atoms with van der Waals surface area (Å²) in [4.78, 5) is 4.11. The summed E-state index contributed by atoms with van der Waals surface area (Å²) in [5.41, 5.74) is 2.37. The number of benzene rings is 1. The van der Waals surface area contributed by atoms with Crippen molar-refractivity contribution in [3.8, 4) is 5.69 Å². The minimum atomic E-state index is -1.41. The molecule has 0 atom stereocenters. The van der Waals surface area contributed by atoms with Gasteiger partial charge in [-0.1, -0.05) is 12.1 Å². The monoisotopic (exact) mass is 202 g/mol. The molecule has 2 aromatic rings. The number of imidazole rings is 1. The second-order valence-corrected chi connectivity index (χ2v) is 3.39. The maximum atomic E-state index is 8.93. The standard InChI is InChI=1S/C10H11BN2O2/c1-8-6-13(7-12-8)10-4-2-9(3-5-10)11(14)15/h2-7,14-15H,1H3. The number of nitrogens with zero attached hydrogens (tertiary/aromatic N) is 2. The average molecular weight is 202 g/mol. The van der Waals surface area contributed by atoms with Gasteiger partial charge in [0.2, 0.25) is 0 Å². The van der Waals surface area contributed by atoms with E-state index in [1.54, 1.807) is 18.5 Å². The smallest absolute Gasteiger partial charge is 0.423 e. The highest BCUT2D eigenvalue weighted by molar-refractivity contribution is 6.58. The van der Waals surface area contributed by atoms with Gasteiger partial charge < -0.3 is 14.6 Å². The van der Waals surface area contributed by atoms with Crippen LogP contribution in [0, 0.1) is 6.92 Å². The number of hydrogen-bond acceptors (Lipinski definition) is 3. The van der Waals surface area contributed by atoms with Crippen molar-refractivity contribution in [3.63, 3.8) is 0 Å². The van der Waals surface area contributed by atoms with Gasteiger partial charge in [0.05, 0.1) is 12.0 Å². The van der Waals surface area contributed by atoms with Crippen LogP contribution in [0.1, 0.15) is 5.69 Å². The first-order valence-corrected chi connectivity index (χ1v) is 4.64. The zero-order valence-electron chi connectivity index (χ0n) is 8.33. The molecule has 0 spiro atoms. The van der Waals surface area contributed by atoms with Crippen LogP contribution in [0.2, 0.25) is 0 Å². The van der Waals surface area contributed by atoms with Crippen LogP contribution >= 0.6 is 0 Å². The van der Waals surface area contributed by atoms with E-state index >= 15 is 0 Å². The van der Waals surface area contributed by atoms with Crippen molar-refractivity contribution in [2.24, 2.45) is 0 Å². The lowest BCUT2D eigenvalue weighted by molar-refractivity contribution is 0.426. The maximum absolute atomic E-state index is 8.93. The fourth-order valence-electron chi connectivity index (χ4n) is 1.38. The molecule has 76 valence electrons. The van der Waals surface area contributed by atoms with Gasteiger partial charge in [-0.2, -0.15) is 0 Å². The largest absolute Gasteiger partial charge is 0.488 e. The lowest BCUT2D eigenvalue weighted by Crippen LogP contribution is -2.29. The summed E-state index contributed by atoms with van der Waals surface area (Å²) >= 11 is 0. The van der Waals surface area contributed by atoms with Gasteiger partial charge in [0.25, 0.3) is 0 Å². The van der Waals surface area contributed by atoms with Crippen molar-refractivity contribution in [1.82, 2.24) is 9.55 Å². The van der Waals surface area contributed by atoms with Gasteiger partial charge >= 0.3 is 7.12 Å². The molecule has 2 N–H and O–H groups in total. The van der Waals surface area contributed by atoms with Crippen molar-refractivity contribution in [3.05, 3.63) is 42.5 Å². The van der Waals surface area contributed by atoms with Crippen LogP contribution in [0.5, 0.6) is 0 Å². The van der Waals surface area contributed by atoms with Crippen molar-refractivity contribution >= 4 is 12.6 Å². The number of aryl methyl sites for hydroxylation is 1. The maximum Gasteiger partial charge on any atom is 0.488 e. The van der Waals surface area contributed by atoms with E-state index in [0.29, 0.717) is 5.46 Å². The predicted molar refractivity (Wildman–Crippen MR) is 58.1 cm³/mol. The van der Waals surface area contributed by atoms with E-state index in [-0.39, 0.29) is 0 Å². The Balaban J connectivity index is 2.31. The average Bonchev–Trinajstić information content (AvgIpc) is 2.65. The molecule has 0 saturated heterocycles. The van der Waals surface area contributed by atoms with Gasteiger partial charge in [0.1, 0.15) is 0 Å². The van der Waals surface area contributed by atoms with Gasteiger partial charge in [0.15, 0.2) is 0 Å². The SMILES string of the molecule is Cc1cn(-c2ccc(B(O)O)cc2)cn1. The van der Waals surface area contributed by atoms with Crippen molar-refractivity contribution < 1.29 is 10.0 Å². The van der Waals surface area contributed by atoms with Crippen LogP contribution in [0.25, 0.3) is 5.69 Å². The van der Waals surface area contributed by atoms with Gasteiger partial charge in [0, 0.05) is 11.9 Å². The van der Waals surface area contributed by atoms with Crippen LogP contribution in [0.4, 0.5) is 0 Å². The highest BCUT2D eigenvalue weighted by Crippen LogP contribution is 2.06. The summed E-state index contributed by atoms with van der Waals surface area (Å²) in [6.45, 7) is 1.92. The minimum absolute atomic E-state index is 0.482. The molecule has 1 aromatic heterocycles. The van der Waals surface area contributed by atoms with E-state index in [9.17, 15) is 0 Å². The van der Waals surface area contributed by atoms with Gasteiger partial charge in [-0.15, -0.1) is 0 Å². The highest BCUT2D eigenvalue weighted by Gasteiger charge is 2.09. The molecule has 0 aliphatic heterocycles. The topological polar surface area (TPSA) is 58.3 Å². The molecular weight excluding hydrogens is 191 g/mol. The molecule has 0 radical (unpaired) electrons. The molecule has 1 aromatic carbocycles. The molecule has 0 aliphatic rings. The molecule has 0 amide bonds. The zero-order valence-corrected chi connectivity index (χ0v) is 8.33. The van der Waals surface area contributed by atoms with E-state index in [2.05, 4.69) is 4.98 Å². The number of hydrogen-bond donors (Lipinski definition) is 2. The highest BCUT2D eigenvalue weighted by atomic mass is 16.4. The third-order valence-corrected chi connectivity index (χ3v) is 2.20. The normalized spacial score (nSPS) is 10.3. The fourth-order valence-corrected chi connectivity index (χ4v) is 1.38. The number of rotatable bonds is 2. The lowest BCUT2D eigenvalue weighted by atomic mass is 9.80. The Morgan fingerprint density at radius 3 is 2.33 bits per heavy atom. The van der Waals surface area contributed by atoms with Crippen LogP contribution in [-0.4, -0.2) is 26.7 Å². The Kier molecular flexibility index (Phi) is 2.57. The predicted octanol–water partition coefficient (Wildman–Crippen LogP) is -0.139. The van der Waals surface area contributed by atoms with E-state index in [1.807, 2.05) is 29.8 Å². The molecule has 4 nitrogen and oxygen atoms in total. The number of aromatic nitrogens is 2. The zero-order chi connectivity index (χ0) is 10.8. The molecule has 0 unspecified atom stereocenters. The summed E-state index contributed by atoms with van der Waals surface area (Å²) in [6.07, 6.45) is 3.63. The lowest BCUT2D eigenvalue weighted by Gasteiger charge is -2.03. The second-order valence-electron chi connectivity index (χ2n) is 3.39. The molecular formula is C10H11BN2O2. The second kappa shape index (κ2) is 3.88. The van der Waals surface area contributed by atoms with E-state index in [4.69, 9.17) is 10.0 Å². The first-order valence-electron chi connectivity index (χ1n) is 4.64. The van der Waals surface area contributed by atoms with Crippen LogP contribution in [0.3, 0.4) is 0 Å². The van der Waals surface area contributed by atoms with Gasteiger partial charge in [-0.05, 0) is 24.5 Å². The van der Waals surface area contributed by atoms with Gasteiger partial charge in [-0.3, -0.25) is 0 Å². The Hall–Kier alpha value is -1.59. The molecule has 5 heteroatoms. The fraction of sp³-hybridized carbons (Fsp3) is 0.100. The van der Waals surface area contributed by atoms with E-state index in [0.717, 1.165) is 11.4 Å². The quantitative estimate of drug-likeness (QED) is 0.666.